The molecule has 0 fully saturated rings. The molecule has 0 aliphatic heterocycles. The SMILES string of the molecule is C=C=C.C=CC.CC. The zero-order chi connectivity index (χ0) is 7.41. The molecule has 0 radical (unpaired) electrons. The van der Waals surface area contributed by atoms with Gasteiger partial charge in [0, 0.05) is 0 Å². The second-order valence-corrected chi connectivity index (χ2v) is 0.658. The van der Waals surface area contributed by atoms with Gasteiger partial charge in [0.1, 0.15) is 0 Å². The molecule has 0 aromatic heterocycles. The molecule has 0 atom stereocenters. The van der Waals surface area contributed by atoms with Crippen molar-refractivity contribution in [3.8, 4) is 0 Å². The Morgan fingerprint density at radius 1 is 1.25 bits per heavy atom. The van der Waals surface area contributed by atoms with Crippen LogP contribution in [0.1, 0.15) is 20.8 Å². The lowest BCUT2D eigenvalue weighted by atomic mass is 10.8. The van der Waals surface area contributed by atoms with E-state index in [2.05, 4.69) is 25.5 Å². The zero-order valence-corrected chi connectivity index (χ0v) is 6.20. The summed E-state index contributed by atoms with van der Waals surface area (Å²) in [7, 11) is 0. The molecule has 0 spiro atoms. The first-order chi connectivity index (χ1) is 3.83. The first kappa shape index (κ1) is 15.7. The Balaban J connectivity index is -0.0000000483. The molecule has 0 amide bonds. The van der Waals surface area contributed by atoms with Crippen molar-refractivity contribution >= 4 is 0 Å². The van der Waals surface area contributed by atoms with Crippen LogP contribution >= 0.6 is 0 Å². The Morgan fingerprint density at radius 3 is 1.25 bits per heavy atom. The van der Waals surface area contributed by atoms with E-state index in [0.29, 0.717) is 0 Å². The molecule has 0 aliphatic rings. The van der Waals surface area contributed by atoms with E-state index in [1.807, 2.05) is 20.8 Å². The third-order valence-electron chi connectivity index (χ3n) is 0. The lowest BCUT2D eigenvalue weighted by Gasteiger charge is -1.31. The first-order valence-electron chi connectivity index (χ1n) is 2.69. The van der Waals surface area contributed by atoms with Crippen molar-refractivity contribution in [2.24, 2.45) is 0 Å². The summed E-state index contributed by atoms with van der Waals surface area (Å²) in [6, 6.07) is 0. The lowest BCUT2D eigenvalue weighted by molar-refractivity contribution is 1.50. The minimum atomic E-state index is 1.75. The van der Waals surface area contributed by atoms with E-state index in [1.165, 1.54) is 0 Å². The van der Waals surface area contributed by atoms with Crippen LogP contribution < -0.4 is 0 Å². The molecule has 0 aromatic carbocycles. The molecule has 0 unspecified atom stereocenters. The maximum absolute atomic E-state index is 3.36. The zero-order valence-electron chi connectivity index (χ0n) is 6.20. The molecule has 0 nitrogen and oxygen atoms in total. The van der Waals surface area contributed by atoms with E-state index in [9.17, 15) is 0 Å². The smallest absolute Gasteiger partial charge is 0.0473 e. The minimum absolute atomic E-state index is 1.75. The van der Waals surface area contributed by atoms with Crippen LogP contribution in [0.3, 0.4) is 0 Å². The van der Waals surface area contributed by atoms with Crippen molar-refractivity contribution in [2.45, 2.75) is 20.8 Å². The second kappa shape index (κ2) is 109. The van der Waals surface area contributed by atoms with Crippen molar-refractivity contribution in [2.75, 3.05) is 0 Å². The molecule has 0 rings (SSSR count). The van der Waals surface area contributed by atoms with Crippen LogP contribution in [0.2, 0.25) is 0 Å². The van der Waals surface area contributed by atoms with Gasteiger partial charge in [0.25, 0.3) is 0 Å². The average Bonchev–Trinajstić information content (AvgIpc) is 1.75. The van der Waals surface area contributed by atoms with Crippen LogP contribution in [0.5, 0.6) is 0 Å². The fraction of sp³-hybridized carbons (Fsp3) is 0.375. The molecule has 0 N–H and O–H groups in total. The van der Waals surface area contributed by atoms with Gasteiger partial charge in [-0.1, -0.05) is 33.1 Å². The van der Waals surface area contributed by atoms with Crippen LogP contribution in [-0.4, -0.2) is 0 Å². The van der Waals surface area contributed by atoms with Crippen LogP contribution in [0.4, 0.5) is 0 Å². The Kier molecular flexibility index (Phi) is 214. The fourth-order valence-corrected chi connectivity index (χ4v) is 0. The fourth-order valence-electron chi connectivity index (χ4n) is 0. The first-order valence-corrected chi connectivity index (χ1v) is 2.69. The third kappa shape index (κ3) is 174. The van der Waals surface area contributed by atoms with Crippen molar-refractivity contribution < 1.29 is 0 Å². The van der Waals surface area contributed by atoms with E-state index in [1.54, 1.807) is 6.08 Å². The van der Waals surface area contributed by atoms with Crippen LogP contribution in [0.25, 0.3) is 0 Å². The van der Waals surface area contributed by atoms with Gasteiger partial charge in [0.15, 0.2) is 0 Å². The van der Waals surface area contributed by atoms with Gasteiger partial charge in [-0.25, -0.2) is 0 Å². The van der Waals surface area contributed by atoms with Gasteiger partial charge < -0.3 is 0 Å². The molecule has 0 saturated carbocycles. The molecular formula is C8H16. The Labute approximate surface area is 53.2 Å². The number of hydrogen-bond acceptors (Lipinski definition) is 0. The van der Waals surface area contributed by atoms with Crippen molar-refractivity contribution in [1.29, 1.82) is 0 Å². The molecule has 0 heterocycles. The van der Waals surface area contributed by atoms with Crippen LogP contribution in [-0.2, 0) is 0 Å². The molecular weight excluding hydrogens is 96.1 g/mol. The Morgan fingerprint density at radius 2 is 1.25 bits per heavy atom. The summed E-state index contributed by atoms with van der Waals surface area (Å²) in [4.78, 5) is 0. The summed E-state index contributed by atoms with van der Waals surface area (Å²) in [5.74, 6) is 0. The summed E-state index contributed by atoms with van der Waals surface area (Å²) in [6.07, 6.45) is 1.75. The van der Waals surface area contributed by atoms with Gasteiger partial charge in [0.05, 0.1) is 0 Å². The monoisotopic (exact) mass is 112 g/mol. The van der Waals surface area contributed by atoms with E-state index >= 15 is 0 Å². The molecule has 0 aromatic rings. The minimum Gasteiger partial charge on any atom is -0.137 e. The van der Waals surface area contributed by atoms with Crippen LogP contribution in [0, 0.1) is 0 Å². The highest BCUT2D eigenvalue weighted by Gasteiger charge is 1.15. The quantitative estimate of drug-likeness (QED) is 0.333. The molecule has 8 heavy (non-hydrogen) atoms. The third-order valence-corrected chi connectivity index (χ3v) is 0. The second-order valence-electron chi connectivity index (χ2n) is 0.658. The topological polar surface area (TPSA) is 0 Å². The predicted molar refractivity (Wildman–Crippen MR) is 42.0 cm³/mol. The molecule has 0 heteroatoms. The van der Waals surface area contributed by atoms with E-state index in [-0.39, 0.29) is 0 Å². The van der Waals surface area contributed by atoms with Crippen molar-refractivity contribution in [3.63, 3.8) is 0 Å². The standard InChI is InChI=1S/C3H6.C3H4.C2H6/c2*1-3-2;1-2/h3H,1H2,2H3;1-2H2;1-2H3. The van der Waals surface area contributed by atoms with Gasteiger partial charge in [-0.3, -0.25) is 0 Å². The van der Waals surface area contributed by atoms with Gasteiger partial charge in [-0.05, 0) is 6.92 Å². The van der Waals surface area contributed by atoms with Gasteiger partial charge >= 0.3 is 0 Å². The predicted octanol–water partition coefficient (Wildman–Crippen LogP) is 3.18. The summed E-state index contributed by atoms with van der Waals surface area (Å²) < 4.78 is 0. The largest absolute Gasteiger partial charge is 0.137 e. The summed E-state index contributed by atoms with van der Waals surface area (Å²) >= 11 is 0. The summed E-state index contributed by atoms with van der Waals surface area (Å²) in [5.41, 5.74) is 2.25. The normalized spacial score (nSPS) is 3.38. The number of allylic oxidation sites excluding steroid dienone is 1. The average molecular weight is 112 g/mol. The molecule has 48 valence electrons. The van der Waals surface area contributed by atoms with Crippen molar-refractivity contribution in [3.05, 3.63) is 31.5 Å². The maximum atomic E-state index is 3.36. The van der Waals surface area contributed by atoms with E-state index in [0.717, 1.165) is 0 Å². The Bertz CT molecular complexity index is 45.1. The number of hydrogen-bond donors (Lipinski definition) is 0. The highest BCUT2D eigenvalue weighted by atomic mass is 13.2. The summed E-state index contributed by atoms with van der Waals surface area (Å²) in [6.45, 7) is 15.5. The Hall–Kier alpha value is -0.740. The van der Waals surface area contributed by atoms with Crippen molar-refractivity contribution in [1.82, 2.24) is 0 Å². The van der Waals surface area contributed by atoms with Gasteiger partial charge in [-0.15, -0.1) is 12.3 Å². The highest BCUT2D eigenvalue weighted by molar-refractivity contribution is 4.52. The van der Waals surface area contributed by atoms with Crippen LogP contribution in [0.15, 0.2) is 31.5 Å². The lowest BCUT2D eigenvalue weighted by Crippen LogP contribution is -1.07. The maximum Gasteiger partial charge on any atom is -0.0473 e. The van der Waals surface area contributed by atoms with E-state index in [4.69, 9.17) is 0 Å². The molecule has 0 bridgehead atoms. The number of rotatable bonds is 0. The molecule has 0 saturated heterocycles. The van der Waals surface area contributed by atoms with E-state index < -0.39 is 0 Å². The van der Waals surface area contributed by atoms with Gasteiger partial charge in [0.2, 0.25) is 0 Å². The highest BCUT2D eigenvalue weighted by Crippen LogP contribution is 1.38. The summed E-state index contributed by atoms with van der Waals surface area (Å²) in [5, 5.41) is 0. The van der Waals surface area contributed by atoms with Gasteiger partial charge in [-0.2, -0.15) is 0 Å². The molecule has 0 aliphatic carbocycles.